The molecule has 3 aromatic heterocycles. The Hall–Kier alpha value is -2.75. The van der Waals surface area contributed by atoms with Crippen LogP contribution in [0.5, 0.6) is 0 Å². The predicted octanol–water partition coefficient (Wildman–Crippen LogP) is 3.30. The Bertz CT molecular complexity index is 1110. The Balaban J connectivity index is 1.89. The molecule has 0 N–H and O–H groups in total. The van der Waals surface area contributed by atoms with Crippen LogP contribution in [0.2, 0.25) is 0 Å². The summed E-state index contributed by atoms with van der Waals surface area (Å²) in [4.78, 5) is 10.5. The van der Waals surface area contributed by atoms with Gasteiger partial charge >= 0.3 is 12.6 Å². The highest BCUT2D eigenvalue weighted by Gasteiger charge is 2.35. The van der Waals surface area contributed by atoms with Crippen molar-refractivity contribution in [1.82, 2.24) is 25.1 Å². The van der Waals surface area contributed by atoms with Crippen LogP contribution < -0.4 is 4.31 Å². The standard InChI is InChI=1S/C14H11F5N6O3S2/c1-2-30(26,27)25(7-3-21-13(22-4-7)14(17,18)19)6-9-20-5-8(29-9)11-23-24-12(28-11)10(15)16/h3-5,10H,2,6H2,1H3. The van der Waals surface area contributed by atoms with Gasteiger partial charge in [0.2, 0.25) is 15.8 Å². The van der Waals surface area contributed by atoms with Crippen LogP contribution in [-0.2, 0) is 22.7 Å². The van der Waals surface area contributed by atoms with Crippen molar-refractivity contribution in [2.75, 3.05) is 10.1 Å². The molecule has 3 heterocycles. The quantitative estimate of drug-likeness (QED) is 0.483. The van der Waals surface area contributed by atoms with Crippen molar-refractivity contribution >= 4 is 27.0 Å². The molecule has 0 atom stereocenters. The lowest BCUT2D eigenvalue weighted by molar-refractivity contribution is -0.144. The van der Waals surface area contributed by atoms with E-state index < -0.39 is 34.3 Å². The van der Waals surface area contributed by atoms with Crippen molar-refractivity contribution in [3.05, 3.63) is 35.3 Å². The third kappa shape index (κ3) is 4.69. The first-order valence-corrected chi connectivity index (χ1v) is 10.4. The minimum atomic E-state index is -4.78. The van der Waals surface area contributed by atoms with Crippen molar-refractivity contribution in [3.63, 3.8) is 0 Å². The Labute approximate surface area is 169 Å². The number of hydrogen-bond donors (Lipinski definition) is 0. The van der Waals surface area contributed by atoms with E-state index in [0.717, 1.165) is 28.0 Å². The molecule has 0 aliphatic heterocycles. The van der Waals surface area contributed by atoms with E-state index in [9.17, 15) is 30.4 Å². The van der Waals surface area contributed by atoms with E-state index in [2.05, 4.69) is 25.1 Å². The molecular formula is C14H11F5N6O3S2. The van der Waals surface area contributed by atoms with Crippen molar-refractivity contribution in [2.24, 2.45) is 0 Å². The van der Waals surface area contributed by atoms with Gasteiger partial charge in [-0.2, -0.15) is 22.0 Å². The lowest BCUT2D eigenvalue weighted by Crippen LogP contribution is -2.32. The number of thiazole rings is 1. The Morgan fingerprint density at radius 2 is 1.80 bits per heavy atom. The third-order valence-electron chi connectivity index (χ3n) is 3.55. The van der Waals surface area contributed by atoms with Gasteiger partial charge in [-0.25, -0.2) is 23.4 Å². The highest BCUT2D eigenvalue weighted by atomic mass is 32.2. The third-order valence-corrected chi connectivity index (χ3v) is 6.26. The number of sulfonamides is 1. The van der Waals surface area contributed by atoms with E-state index >= 15 is 0 Å². The normalized spacial score (nSPS) is 12.5. The van der Waals surface area contributed by atoms with Crippen LogP contribution in [0.15, 0.2) is 23.0 Å². The maximum atomic E-state index is 12.7. The molecule has 0 spiro atoms. The minimum Gasteiger partial charge on any atom is -0.414 e. The molecule has 0 unspecified atom stereocenters. The molecule has 0 amide bonds. The second-order valence-electron chi connectivity index (χ2n) is 5.53. The summed E-state index contributed by atoms with van der Waals surface area (Å²) in [6.07, 6.45) is -5.03. The molecule has 9 nitrogen and oxygen atoms in total. The lowest BCUT2D eigenvalue weighted by atomic mass is 10.4. The molecule has 3 rings (SSSR count). The summed E-state index contributed by atoms with van der Waals surface area (Å²) in [5, 5.41) is 6.85. The summed E-state index contributed by atoms with van der Waals surface area (Å²) in [6, 6.07) is 0. The van der Waals surface area contributed by atoms with Crippen molar-refractivity contribution in [1.29, 1.82) is 0 Å². The number of alkyl halides is 5. The number of aromatic nitrogens is 5. The molecule has 0 saturated carbocycles. The van der Waals surface area contributed by atoms with Crippen LogP contribution in [0.1, 0.15) is 30.1 Å². The highest BCUT2D eigenvalue weighted by molar-refractivity contribution is 7.92. The topological polar surface area (TPSA) is 115 Å². The van der Waals surface area contributed by atoms with Crippen molar-refractivity contribution in [2.45, 2.75) is 26.1 Å². The summed E-state index contributed by atoms with van der Waals surface area (Å²) in [5.41, 5.74) is -0.195. The zero-order valence-electron chi connectivity index (χ0n) is 14.8. The molecule has 0 aromatic carbocycles. The second-order valence-corrected chi connectivity index (χ2v) is 8.83. The van der Waals surface area contributed by atoms with Gasteiger partial charge < -0.3 is 4.42 Å². The molecule has 16 heteroatoms. The fraction of sp³-hybridized carbons (Fsp3) is 0.357. The lowest BCUT2D eigenvalue weighted by Gasteiger charge is -2.22. The van der Waals surface area contributed by atoms with Crippen LogP contribution in [0, 0.1) is 0 Å². The molecule has 3 aromatic rings. The van der Waals surface area contributed by atoms with E-state index in [1.54, 1.807) is 0 Å². The Morgan fingerprint density at radius 1 is 1.13 bits per heavy atom. The zero-order valence-corrected chi connectivity index (χ0v) is 16.5. The SMILES string of the molecule is CCS(=O)(=O)N(Cc1ncc(-c2nnc(C(F)F)o2)s1)c1cnc(C(F)(F)F)nc1. The molecular weight excluding hydrogens is 459 g/mol. The minimum absolute atomic E-state index is 0.193. The van der Waals surface area contributed by atoms with Crippen LogP contribution >= 0.6 is 11.3 Å². The number of halogens is 5. The number of nitrogens with zero attached hydrogens (tertiary/aromatic N) is 6. The van der Waals surface area contributed by atoms with Gasteiger partial charge in [0.05, 0.1) is 36.6 Å². The van der Waals surface area contributed by atoms with Gasteiger partial charge in [0.1, 0.15) is 9.88 Å². The average molecular weight is 470 g/mol. The van der Waals surface area contributed by atoms with Gasteiger partial charge in [0, 0.05) is 0 Å². The maximum Gasteiger partial charge on any atom is 0.451 e. The first kappa shape index (κ1) is 21.9. The van der Waals surface area contributed by atoms with Crippen LogP contribution in [-0.4, -0.2) is 39.3 Å². The molecule has 30 heavy (non-hydrogen) atoms. The predicted molar refractivity (Wildman–Crippen MR) is 93.0 cm³/mol. The van der Waals surface area contributed by atoms with Crippen molar-refractivity contribution in [3.8, 4) is 10.8 Å². The largest absolute Gasteiger partial charge is 0.451 e. The molecule has 0 bridgehead atoms. The summed E-state index contributed by atoms with van der Waals surface area (Å²) >= 11 is 0.889. The highest BCUT2D eigenvalue weighted by Crippen LogP contribution is 2.31. The van der Waals surface area contributed by atoms with Crippen LogP contribution in [0.3, 0.4) is 0 Å². The summed E-state index contributed by atoms with van der Waals surface area (Å²) in [5.74, 6) is -2.87. The average Bonchev–Trinajstić information content (AvgIpc) is 3.35. The smallest absolute Gasteiger partial charge is 0.414 e. The molecule has 0 radical (unpaired) electrons. The molecule has 0 aliphatic carbocycles. The van der Waals surface area contributed by atoms with E-state index in [-0.39, 0.29) is 33.8 Å². The van der Waals surface area contributed by atoms with E-state index in [1.165, 1.54) is 13.1 Å². The van der Waals surface area contributed by atoms with Gasteiger partial charge in [-0.1, -0.05) is 0 Å². The first-order chi connectivity index (χ1) is 14.0. The Kier molecular flexibility index (Phi) is 5.98. The maximum absolute atomic E-state index is 12.7. The Morgan fingerprint density at radius 3 is 2.33 bits per heavy atom. The monoisotopic (exact) mass is 470 g/mol. The van der Waals surface area contributed by atoms with Crippen LogP contribution in [0.4, 0.5) is 27.6 Å². The molecule has 162 valence electrons. The van der Waals surface area contributed by atoms with E-state index in [0.29, 0.717) is 0 Å². The summed E-state index contributed by atoms with van der Waals surface area (Å²) < 4.78 is 93.6. The fourth-order valence-electron chi connectivity index (χ4n) is 2.13. The van der Waals surface area contributed by atoms with E-state index in [4.69, 9.17) is 4.42 Å². The van der Waals surface area contributed by atoms with Crippen molar-refractivity contribution < 1.29 is 34.8 Å². The molecule has 0 aliphatic rings. The van der Waals surface area contributed by atoms with Gasteiger partial charge in [0.15, 0.2) is 0 Å². The molecule has 0 fully saturated rings. The van der Waals surface area contributed by atoms with Crippen LogP contribution in [0.25, 0.3) is 10.8 Å². The molecule has 0 saturated heterocycles. The van der Waals surface area contributed by atoms with Gasteiger partial charge in [0.25, 0.3) is 11.8 Å². The number of hydrogen-bond acceptors (Lipinski definition) is 9. The summed E-state index contributed by atoms with van der Waals surface area (Å²) in [6.45, 7) is 0.996. The van der Waals surface area contributed by atoms with E-state index in [1.807, 2.05) is 0 Å². The first-order valence-electron chi connectivity index (χ1n) is 7.97. The fourth-order valence-corrected chi connectivity index (χ4v) is 4.09. The zero-order chi connectivity index (χ0) is 22.1. The van der Waals surface area contributed by atoms with Gasteiger partial charge in [-0.15, -0.1) is 21.5 Å². The summed E-state index contributed by atoms with van der Waals surface area (Å²) in [7, 11) is -3.93. The number of rotatable bonds is 7. The number of anilines is 1. The second kappa shape index (κ2) is 8.17. The van der Waals surface area contributed by atoms with Gasteiger partial charge in [-0.3, -0.25) is 4.31 Å². The van der Waals surface area contributed by atoms with Gasteiger partial charge in [-0.05, 0) is 6.92 Å².